The molecule has 1 aliphatic carbocycles. The zero-order valence-corrected chi connectivity index (χ0v) is 17.3. The second kappa shape index (κ2) is 8.26. The Morgan fingerprint density at radius 1 is 1.00 bits per heavy atom. The van der Waals surface area contributed by atoms with Gasteiger partial charge in [0.05, 0.1) is 7.11 Å². The molecule has 0 aliphatic heterocycles. The van der Waals surface area contributed by atoms with E-state index in [9.17, 15) is 4.79 Å². The summed E-state index contributed by atoms with van der Waals surface area (Å²) in [6.45, 7) is 2.08. The van der Waals surface area contributed by atoms with Gasteiger partial charge in [0.25, 0.3) is 0 Å². The molecular weight excluding hydrogens is 380 g/mol. The highest BCUT2D eigenvalue weighted by molar-refractivity contribution is 6.31. The average molecular weight is 403 g/mol. The lowest BCUT2D eigenvalue weighted by molar-refractivity contribution is 0.102. The van der Waals surface area contributed by atoms with Crippen molar-refractivity contribution in [2.24, 2.45) is 0 Å². The molecule has 0 amide bonds. The van der Waals surface area contributed by atoms with Crippen molar-refractivity contribution >= 4 is 17.4 Å². The Morgan fingerprint density at radius 2 is 1.76 bits per heavy atom. The van der Waals surface area contributed by atoms with Crippen LogP contribution in [0.4, 0.5) is 0 Å². The number of carbonyl (C=O) groups excluding carboxylic acids is 1. The topological polar surface area (TPSA) is 26.3 Å². The molecule has 0 N–H and O–H groups in total. The predicted molar refractivity (Wildman–Crippen MR) is 118 cm³/mol. The maximum Gasteiger partial charge on any atom is 0.189 e. The van der Waals surface area contributed by atoms with Crippen LogP contribution in [0.1, 0.15) is 45.3 Å². The van der Waals surface area contributed by atoms with E-state index in [1.54, 1.807) is 19.2 Å². The molecule has 1 aliphatic rings. The molecule has 0 radical (unpaired) electrons. The number of rotatable bonds is 5. The van der Waals surface area contributed by atoms with E-state index in [1.807, 2.05) is 30.3 Å². The fourth-order valence-corrected chi connectivity index (χ4v) is 4.30. The minimum atomic E-state index is -0.0241. The van der Waals surface area contributed by atoms with E-state index in [0.29, 0.717) is 10.6 Å². The number of hydrogen-bond acceptors (Lipinski definition) is 2. The number of hydrogen-bond donors (Lipinski definition) is 0. The number of ether oxygens (including phenoxy) is 1. The monoisotopic (exact) mass is 402 g/mol. The zero-order chi connectivity index (χ0) is 20.4. The number of benzene rings is 3. The van der Waals surface area contributed by atoms with Gasteiger partial charge in [0.2, 0.25) is 0 Å². The maximum absolute atomic E-state index is 13.4. The minimum Gasteiger partial charge on any atom is -0.496 e. The van der Waals surface area contributed by atoms with E-state index in [1.165, 1.54) is 11.1 Å². The number of halogens is 1. The minimum absolute atomic E-state index is 0.0241. The standard InChI is InChI=1S/C26H23ClO2/c1-17-10-12-18(13-11-17)20-15-23(22-8-3-4-9-25(22)29-2)24(16-20)26(28)19-6-5-7-21(27)14-19/h3-14,16,20,23H,15H2,1-2H3. The lowest BCUT2D eigenvalue weighted by Gasteiger charge is -2.19. The van der Waals surface area contributed by atoms with E-state index >= 15 is 0 Å². The Labute approximate surface area is 176 Å². The van der Waals surface area contributed by atoms with Gasteiger partial charge in [-0.1, -0.05) is 77.8 Å². The van der Waals surface area contributed by atoms with Crippen LogP contribution in [0.25, 0.3) is 0 Å². The number of methoxy groups -OCH3 is 1. The van der Waals surface area contributed by atoms with Gasteiger partial charge in [-0.15, -0.1) is 0 Å². The van der Waals surface area contributed by atoms with Crippen molar-refractivity contribution in [3.05, 3.63) is 112 Å². The summed E-state index contributed by atoms with van der Waals surface area (Å²) >= 11 is 6.14. The quantitative estimate of drug-likeness (QED) is 0.442. The van der Waals surface area contributed by atoms with Crippen molar-refractivity contribution in [1.29, 1.82) is 0 Å². The first-order chi connectivity index (χ1) is 14.1. The third-order valence-electron chi connectivity index (χ3n) is 5.61. The van der Waals surface area contributed by atoms with Gasteiger partial charge in [0.15, 0.2) is 5.78 Å². The SMILES string of the molecule is COc1ccccc1C1CC(c2ccc(C)cc2)C=C1C(=O)c1cccc(Cl)c1. The second-order valence-corrected chi connectivity index (χ2v) is 7.95. The summed E-state index contributed by atoms with van der Waals surface area (Å²) in [4.78, 5) is 13.4. The van der Waals surface area contributed by atoms with Crippen molar-refractivity contribution in [3.63, 3.8) is 0 Å². The molecule has 0 bridgehead atoms. The van der Waals surface area contributed by atoms with Gasteiger partial charge in [0.1, 0.15) is 5.75 Å². The normalized spacial score (nSPS) is 18.4. The van der Waals surface area contributed by atoms with Crippen molar-refractivity contribution < 1.29 is 9.53 Å². The Bertz CT molecular complexity index is 1070. The Kier molecular flexibility index (Phi) is 5.55. The molecule has 0 spiro atoms. The third-order valence-corrected chi connectivity index (χ3v) is 5.85. The van der Waals surface area contributed by atoms with E-state index < -0.39 is 0 Å². The number of allylic oxidation sites excluding steroid dienone is 2. The molecule has 0 heterocycles. The van der Waals surface area contributed by atoms with Gasteiger partial charge in [-0.2, -0.15) is 0 Å². The molecule has 29 heavy (non-hydrogen) atoms. The molecule has 2 unspecified atom stereocenters. The Morgan fingerprint density at radius 3 is 2.48 bits per heavy atom. The lowest BCUT2D eigenvalue weighted by atomic mass is 9.86. The van der Waals surface area contributed by atoms with Crippen LogP contribution in [0.3, 0.4) is 0 Å². The van der Waals surface area contributed by atoms with Crippen LogP contribution in [0.15, 0.2) is 84.4 Å². The van der Waals surface area contributed by atoms with Gasteiger partial charge in [-0.3, -0.25) is 4.79 Å². The highest BCUT2D eigenvalue weighted by atomic mass is 35.5. The number of Topliss-reactive ketones (excluding diaryl/α,β-unsaturated/α-hetero) is 1. The first-order valence-corrected chi connectivity index (χ1v) is 10.2. The van der Waals surface area contributed by atoms with Crippen LogP contribution >= 0.6 is 11.6 Å². The van der Waals surface area contributed by atoms with Gasteiger partial charge in [-0.25, -0.2) is 0 Å². The zero-order valence-electron chi connectivity index (χ0n) is 16.6. The van der Waals surface area contributed by atoms with Crippen LogP contribution in [0.5, 0.6) is 5.75 Å². The maximum atomic E-state index is 13.4. The van der Waals surface area contributed by atoms with E-state index in [2.05, 4.69) is 43.3 Å². The van der Waals surface area contributed by atoms with Gasteiger partial charge < -0.3 is 4.74 Å². The summed E-state index contributed by atoms with van der Waals surface area (Å²) in [6.07, 6.45) is 2.97. The molecule has 0 saturated heterocycles. The lowest BCUT2D eigenvalue weighted by Crippen LogP contribution is -2.10. The molecule has 3 aromatic carbocycles. The van der Waals surface area contributed by atoms with Gasteiger partial charge in [-0.05, 0) is 37.1 Å². The van der Waals surface area contributed by atoms with Crippen molar-refractivity contribution in [2.75, 3.05) is 7.11 Å². The molecule has 3 heteroatoms. The first kappa shape index (κ1) is 19.5. The molecule has 146 valence electrons. The highest BCUT2D eigenvalue weighted by Gasteiger charge is 2.34. The van der Waals surface area contributed by atoms with Crippen LogP contribution in [0, 0.1) is 6.92 Å². The molecule has 0 aromatic heterocycles. The second-order valence-electron chi connectivity index (χ2n) is 7.51. The fraction of sp³-hybridized carbons (Fsp3) is 0.192. The number of aryl methyl sites for hydroxylation is 1. The largest absolute Gasteiger partial charge is 0.496 e. The number of ketones is 1. The molecule has 4 rings (SSSR count). The molecule has 0 fully saturated rings. The van der Waals surface area contributed by atoms with Crippen LogP contribution in [-0.2, 0) is 0 Å². The molecule has 0 saturated carbocycles. The van der Waals surface area contributed by atoms with Crippen molar-refractivity contribution in [1.82, 2.24) is 0 Å². The third kappa shape index (κ3) is 3.99. The molecule has 2 atom stereocenters. The Balaban J connectivity index is 1.78. The summed E-state index contributed by atoms with van der Waals surface area (Å²) in [5.74, 6) is 0.998. The summed E-state index contributed by atoms with van der Waals surface area (Å²) in [5.41, 5.74) is 4.93. The van der Waals surface area contributed by atoms with Crippen molar-refractivity contribution in [3.8, 4) is 5.75 Å². The van der Waals surface area contributed by atoms with Gasteiger partial charge >= 0.3 is 0 Å². The first-order valence-electron chi connectivity index (χ1n) is 9.78. The summed E-state index contributed by atoms with van der Waals surface area (Å²) < 4.78 is 5.61. The van der Waals surface area contributed by atoms with Crippen LogP contribution < -0.4 is 4.74 Å². The fourth-order valence-electron chi connectivity index (χ4n) is 4.11. The van der Waals surface area contributed by atoms with Crippen molar-refractivity contribution in [2.45, 2.75) is 25.2 Å². The summed E-state index contributed by atoms with van der Waals surface area (Å²) in [7, 11) is 1.67. The van der Waals surface area contributed by atoms with E-state index in [4.69, 9.17) is 16.3 Å². The average Bonchev–Trinajstić information content (AvgIpc) is 3.19. The molecular formula is C26H23ClO2. The van der Waals surface area contributed by atoms with E-state index in [-0.39, 0.29) is 17.6 Å². The summed E-state index contributed by atoms with van der Waals surface area (Å²) in [5, 5.41) is 0.568. The predicted octanol–water partition coefficient (Wildman–Crippen LogP) is 6.74. The van der Waals surface area contributed by atoms with E-state index in [0.717, 1.165) is 23.3 Å². The molecule has 2 nitrogen and oxygen atoms in total. The number of carbonyl (C=O) groups is 1. The number of para-hydroxylation sites is 1. The summed E-state index contributed by atoms with van der Waals surface area (Å²) in [6, 6.07) is 23.7. The Hall–Kier alpha value is -2.84. The molecule has 3 aromatic rings. The van der Waals surface area contributed by atoms with Crippen LogP contribution in [0.2, 0.25) is 5.02 Å². The van der Waals surface area contributed by atoms with Crippen LogP contribution in [-0.4, -0.2) is 12.9 Å². The highest BCUT2D eigenvalue weighted by Crippen LogP contribution is 2.46. The van der Waals surface area contributed by atoms with Gasteiger partial charge in [0, 0.05) is 33.6 Å². The smallest absolute Gasteiger partial charge is 0.189 e.